The first-order chi connectivity index (χ1) is 11.0. The molecule has 1 aliphatic heterocycles. The van der Waals surface area contributed by atoms with Crippen LogP contribution in [0.5, 0.6) is 0 Å². The van der Waals surface area contributed by atoms with Crippen molar-refractivity contribution in [2.24, 2.45) is 0 Å². The lowest BCUT2D eigenvalue weighted by atomic mass is 10.2. The van der Waals surface area contributed by atoms with Crippen molar-refractivity contribution in [3.05, 3.63) is 55.5 Å². The van der Waals surface area contributed by atoms with Crippen LogP contribution in [0.4, 0.5) is 11.4 Å². The minimum Gasteiger partial charge on any atom is -0.320 e. The molecule has 0 fully saturated rings. The number of aromatic nitrogens is 2. The Kier molecular flexibility index (Phi) is 4.05. The zero-order valence-electron chi connectivity index (χ0n) is 11.5. The van der Waals surface area contributed by atoms with Gasteiger partial charge in [0.05, 0.1) is 15.6 Å². The van der Waals surface area contributed by atoms with E-state index in [-0.39, 0.29) is 22.0 Å². The molecule has 23 heavy (non-hydrogen) atoms. The molecule has 0 spiro atoms. The summed E-state index contributed by atoms with van der Waals surface area (Å²) in [6, 6.07) is 3.65. The van der Waals surface area contributed by atoms with E-state index in [2.05, 4.69) is 10.3 Å². The van der Waals surface area contributed by atoms with Crippen LogP contribution in [0, 0.1) is 10.1 Å². The fraction of sp³-hybridized carbons (Fsp3) is 0.154. The van der Waals surface area contributed by atoms with Crippen LogP contribution < -0.4 is 10.9 Å². The minimum atomic E-state index is -0.662. The molecule has 1 aromatic carbocycles. The van der Waals surface area contributed by atoms with E-state index < -0.39 is 16.4 Å². The van der Waals surface area contributed by atoms with Crippen molar-refractivity contribution >= 4 is 40.6 Å². The summed E-state index contributed by atoms with van der Waals surface area (Å²) in [6.07, 6.45) is 1.22. The summed E-state index contributed by atoms with van der Waals surface area (Å²) in [5.74, 6) is 0.0760. The van der Waals surface area contributed by atoms with Gasteiger partial charge in [-0.1, -0.05) is 23.4 Å². The van der Waals surface area contributed by atoms with Crippen LogP contribution in [-0.4, -0.2) is 26.1 Å². The Balaban J connectivity index is 1.88. The van der Waals surface area contributed by atoms with E-state index in [9.17, 15) is 19.7 Å². The van der Waals surface area contributed by atoms with E-state index in [1.807, 2.05) is 0 Å². The molecular formula is C13H9ClN4O4S. The van der Waals surface area contributed by atoms with Crippen molar-refractivity contribution in [3.8, 4) is 0 Å². The highest BCUT2D eigenvalue weighted by Gasteiger charge is 2.21. The average molecular weight is 353 g/mol. The number of hydrogen-bond acceptors (Lipinski definition) is 6. The van der Waals surface area contributed by atoms with E-state index in [1.54, 1.807) is 0 Å². The molecule has 0 unspecified atom stereocenters. The molecule has 3 rings (SSSR count). The monoisotopic (exact) mass is 352 g/mol. The average Bonchev–Trinajstić information content (AvgIpc) is 2.98. The summed E-state index contributed by atoms with van der Waals surface area (Å²) in [5, 5.41) is 13.7. The zero-order chi connectivity index (χ0) is 16.6. The van der Waals surface area contributed by atoms with Crippen LogP contribution in [0.1, 0.15) is 10.4 Å². The number of thioether (sulfide) groups is 1. The molecule has 0 saturated heterocycles. The topological polar surface area (TPSA) is 107 Å². The molecule has 10 heteroatoms. The molecule has 1 amide bonds. The number of nitrogens with one attached hydrogen (secondary N) is 1. The molecule has 118 valence electrons. The molecule has 1 aromatic heterocycles. The second-order valence-corrected chi connectivity index (χ2v) is 6.10. The molecule has 2 heterocycles. The number of nitro benzene ring substituents is 1. The van der Waals surface area contributed by atoms with E-state index in [0.717, 1.165) is 11.8 Å². The third-order valence-corrected chi connectivity index (χ3v) is 4.50. The van der Waals surface area contributed by atoms with E-state index in [0.29, 0.717) is 11.7 Å². The molecule has 0 aliphatic carbocycles. The van der Waals surface area contributed by atoms with Crippen molar-refractivity contribution < 1.29 is 9.72 Å². The highest BCUT2D eigenvalue weighted by atomic mass is 35.5. The molecule has 0 radical (unpaired) electrons. The number of non-ortho nitro benzene ring substituents is 1. The Labute approximate surface area is 138 Å². The number of nitro groups is 1. The van der Waals surface area contributed by atoms with Crippen molar-refractivity contribution in [1.82, 2.24) is 9.55 Å². The smallest absolute Gasteiger partial charge is 0.271 e. The third kappa shape index (κ3) is 2.92. The summed E-state index contributed by atoms with van der Waals surface area (Å²) in [6.45, 7) is 0.505. The Morgan fingerprint density at radius 2 is 2.26 bits per heavy atom. The van der Waals surface area contributed by atoms with Crippen LogP contribution in [0.25, 0.3) is 0 Å². The van der Waals surface area contributed by atoms with Gasteiger partial charge in [-0.05, 0) is 6.07 Å². The van der Waals surface area contributed by atoms with Crippen LogP contribution in [0.15, 0.2) is 34.3 Å². The van der Waals surface area contributed by atoms with E-state index >= 15 is 0 Å². The Hall–Kier alpha value is -2.39. The fourth-order valence-electron chi connectivity index (χ4n) is 2.08. The Morgan fingerprint density at radius 1 is 1.48 bits per heavy atom. The van der Waals surface area contributed by atoms with Gasteiger partial charge in [-0.25, -0.2) is 4.98 Å². The molecule has 0 atom stereocenters. The molecule has 2 aromatic rings. The standard InChI is InChI=1S/C13H9ClN4O4S/c14-9-5-7(18(21)22)1-2-10(9)16-11(19)8-6-15-13-17(12(8)20)3-4-23-13/h1-2,5-6H,3-4H2,(H,16,19). The maximum Gasteiger partial charge on any atom is 0.271 e. The van der Waals surface area contributed by atoms with Crippen LogP contribution in [-0.2, 0) is 6.54 Å². The van der Waals surface area contributed by atoms with Gasteiger partial charge in [-0.2, -0.15) is 0 Å². The van der Waals surface area contributed by atoms with Crippen molar-refractivity contribution in [2.75, 3.05) is 11.1 Å². The highest BCUT2D eigenvalue weighted by Crippen LogP contribution is 2.27. The van der Waals surface area contributed by atoms with Crippen molar-refractivity contribution in [2.45, 2.75) is 11.7 Å². The molecule has 1 aliphatic rings. The number of carbonyl (C=O) groups excluding carboxylic acids is 1. The van der Waals surface area contributed by atoms with Gasteiger partial charge in [-0.3, -0.25) is 24.3 Å². The largest absolute Gasteiger partial charge is 0.320 e. The van der Waals surface area contributed by atoms with Crippen molar-refractivity contribution in [1.29, 1.82) is 0 Å². The van der Waals surface area contributed by atoms with E-state index in [4.69, 9.17) is 11.6 Å². The van der Waals surface area contributed by atoms with Gasteiger partial charge < -0.3 is 5.32 Å². The Morgan fingerprint density at radius 3 is 2.96 bits per heavy atom. The molecule has 0 bridgehead atoms. The van der Waals surface area contributed by atoms with Gasteiger partial charge >= 0.3 is 0 Å². The highest BCUT2D eigenvalue weighted by molar-refractivity contribution is 7.99. The number of amides is 1. The number of halogens is 1. The number of nitrogens with zero attached hydrogens (tertiary/aromatic N) is 3. The third-order valence-electron chi connectivity index (χ3n) is 3.21. The van der Waals surface area contributed by atoms with Gasteiger partial charge in [-0.15, -0.1) is 0 Å². The molecule has 0 saturated carbocycles. The quantitative estimate of drug-likeness (QED) is 0.515. The first kappa shape index (κ1) is 15.5. The number of hydrogen-bond donors (Lipinski definition) is 1. The van der Waals surface area contributed by atoms with Gasteiger partial charge in [0.1, 0.15) is 5.56 Å². The van der Waals surface area contributed by atoms with Gasteiger partial charge in [0, 0.05) is 30.6 Å². The summed E-state index contributed by atoms with van der Waals surface area (Å²) in [5.41, 5.74) is -0.535. The second kappa shape index (κ2) is 6.01. The Bertz CT molecular complexity index is 883. The van der Waals surface area contributed by atoms with Gasteiger partial charge in [0.15, 0.2) is 5.16 Å². The fourth-order valence-corrected chi connectivity index (χ4v) is 3.22. The van der Waals surface area contributed by atoms with Crippen LogP contribution >= 0.6 is 23.4 Å². The maximum absolute atomic E-state index is 12.2. The van der Waals surface area contributed by atoms with Gasteiger partial charge in [0.2, 0.25) is 0 Å². The maximum atomic E-state index is 12.2. The number of carbonyl (C=O) groups is 1. The summed E-state index contributed by atoms with van der Waals surface area (Å²) < 4.78 is 1.44. The predicted octanol–water partition coefficient (Wildman–Crippen LogP) is 2.16. The molecule has 8 nitrogen and oxygen atoms in total. The lowest BCUT2D eigenvalue weighted by molar-refractivity contribution is -0.384. The summed E-state index contributed by atoms with van der Waals surface area (Å²) in [7, 11) is 0. The van der Waals surface area contributed by atoms with Crippen LogP contribution in [0.2, 0.25) is 5.02 Å². The minimum absolute atomic E-state index is 0.0114. The molecular weight excluding hydrogens is 344 g/mol. The number of anilines is 1. The van der Waals surface area contributed by atoms with Crippen LogP contribution in [0.3, 0.4) is 0 Å². The summed E-state index contributed by atoms with van der Waals surface area (Å²) in [4.78, 5) is 38.6. The second-order valence-electron chi connectivity index (χ2n) is 4.64. The molecule has 1 N–H and O–H groups in total. The lowest BCUT2D eigenvalue weighted by Gasteiger charge is -2.08. The normalized spacial score (nSPS) is 12.7. The lowest BCUT2D eigenvalue weighted by Crippen LogP contribution is -2.29. The number of benzene rings is 1. The SMILES string of the molecule is O=C(Nc1ccc([N+](=O)[O-])cc1Cl)c1cnc2n(c1=O)CCS2. The zero-order valence-corrected chi connectivity index (χ0v) is 13.1. The van der Waals surface area contributed by atoms with E-state index in [1.165, 1.54) is 34.7 Å². The predicted molar refractivity (Wildman–Crippen MR) is 85.3 cm³/mol. The first-order valence-corrected chi connectivity index (χ1v) is 7.81. The van der Waals surface area contributed by atoms with Gasteiger partial charge in [0.25, 0.3) is 17.2 Å². The first-order valence-electron chi connectivity index (χ1n) is 6.45. The number of fused-ring (bicyclic) bond motifs is 1. The number of rotatable bonds is 3. The van der Waals surface area contributed by atoms with Crippen molar-refractivity contribution in [3.63, 3.8) is 0 Å². The summed E-state index contributed by atoms with van der Waals surface area (Å²) >= 11 is 7.37.